The highest BCUT2D eigenvalue weighted by Crippen LogP contribution is 2.02. The maximum Gasteiger partial charge on any atom is 0.211 e. The maximum absolute atomic E-state index is 9.86. The van der Waals surface area contributed by atoms with Crippen molar-refractivity contribution in [2.75, 3.05) is 10.6 Å². The Labute approximate surface area is 106 Å². The lowest BCUT2D eigenvalue weighted by Gasteiger charge is -1.93. The maximum atomic E-state index is 9.86. The minimum atomic E-state index is 0.662. The van der Waals surface area contributed by atoms with E-state index in [4.69, 9.17) is 0 Å². The number of hydrogen-bond acceptors (Lipinski definition) is 2. The first-order chi connectivity index (χ1) is 8.86. The van der Waals surface area contributed by atoms with Crippen molar-refractivity contribution in [3.63, 3.8) is 0 Å². The van der Waals surface area contributed by atoms with Crippen LogP contribution in [0.2, 0.25) is 0 Å². The van der Waals surface area contributed by atoms with Crippen molar-refractivity contribution in [2.45, 2.75) is 0 Å². The Morgan fingerprint density at radius 3 is 1.22 bits per heavy atom. The van der Waals surface area contributed by atoms with Crippen molar-refractivity contribution in [1.82, 2.24) is 0 Å². The quantitative estimate of drug-likeness (QED) is 0.809. The number of carbonyl (C=O) groups is 2. The van der Waals surface area contributed by atoms with Crippen molar-refractivity contribution in [1.29, 1.82) is 0 Å². The molecule has 2 aromatic rings. The van der Waals surface area contributed by atoms with Gasteiger partial charge in [0.25, 0.3) is 0 Å². The predicted octanol–water partition coefficient (Wildman–Crippen LogP) is 2.51. The van der Waals surface area contributed by atoms with E-state index in [2.05, 4.69) is 10.6 Å². The molecule has 0 saturated carbocycles. The van der Waals surface area contributed by atoms with Gasteiger partial charge in [-0.15, -0.1) is 0 Å². The van der Waals surface area contributed by atoms with Crippen molar-refractivity contribution in [2.24, 2.45) is 0 Å². The van der Waals surface area contributed by atoms with E-state index in [0.29, 0.717) is 12.8 Å². The van der Waals surface area contributed by atoms with Gasteiger partial charge in [0, 0.05) is 11.4 Å². The second kappa shape index (κ2) is 8.52. The van der Waals surface area contributed by atoms with Crippen LogP contribution in [-0.4, -0.2) is 12.8 Å². The molecule has 2 N–H and O–H groups in total. The van der Waals surface area contributed by atoms with E-state index in [9.17, 15) is 9.59 Å². The van der Waals surface area contributed by atoms with E-state index in [1.165, 1.54) is 0 Å². The lowest BCUT2D eigenvalue weighted by Crippen LogP contribution is -1.91. The van der Waals surface area contributed by atoms with E-state index in [1.54, 1.807) is 0 Å². The third-order valence-electron chi connectivity index (χ3n) is 2.00. The zero-order valence-corrected chi connectivity index (χ0v) is 9.74. The molecule has 0 aromatic heterocycles. The SMILES string of the molecule is O=CNc1ccccc1.O=CNc1ccccc1. The highest BCUT2D eigenvalue weighted by atomic mass is 16.1. The topological polar surface area (TPSA) is 58.2 Å². The number of nitrogens with one attached hydrogen (secondary N) is 2. The van der Waals surface area contributed by atoms with Gasteiger partial charge in [-0.05, 0) is 24.3 Å². The summed E-state index contributed by atoms with van der Waals surface area (Å²) in [4.78, 5) is 19.7. The highest BCUT2D eigenvalue weighted by molar-refractivity contribution is 5.71. The molecule has 0 bridgehead atoms. The molecule has 0 saturated heterocycles. The molecule has 0 radical (unpaired) electrons. The van der Waals surface area contributed by atoms with Crippen molar-refractivity contribution in [3.8, 4) is 0 Å². The summed E-state index contributed by atoms with van der Waals surface area (Å²) in [7, 11) is 0. The molecule has 0 fully saturated rings. The molecular formula is C14H14N2O2. The van der Waals surface area contributed by atoms with Crippen LogP contribution in [0.15, 0.2) is 60.7 Å². The second-order valence-corrected chi connectivity index (χ2v) is 3.26. The summed E-state index contributed by atoms with van der Waals surface area (Å²) in [6.45, 7) is 0. The number of amides is 2. The molecule has 0 heterocycles. The zero-order valence-electron chi connectivity index (χ0n) is 9.74. The van der Waals surface area contributed by atoms with E-state index in [0.717, 1.165) is 11.4 Å². The standard InChI is InChI=1S/2C7H7NO/c2*9-6-8-7-4-2-1-3-5-7/h2*1-6H,(H,8,9). The monoisotopic (exact) mass is 242 g/mol. The van der Waals surface area contributed by atoms with Crippen LogP contribution in [0.4, 0.5) is 11.4 Å². The van der Waals surface area contributed by atoms with Crippen LogP contribution in [-0.2, 0) is 9.59 Å². The minimum Gasteiger partial charge on any atom is -0.329 e. The fraction of sp³-hybridized carbons (Fsp3) is 0. The summed E-state index contributed by atoms with van der Waals surface area (Å²) in [5.74, 6) is 0. The molecule has 0 atom stereocenters. The summed E-state index contributed by atoms with van der Waals surface area (Å²) in [5, 5.41) is 5.05. The Balaban J connectivity index is 0.000000180. The number of hydrogen-bond donors (Lipinski definition) is 2. The van der Waals surface area contributed by atoms with Crippen LogP contribution in [0.3, 0.4) is 0 Å². The lowest BCUT2D eigenvalue weighted by atomic mass is 10.3. The number of rotatable bonds is 4. The second-order valence-electron chi connectivity index (χ2n) is 3.26. The number of benzene rings is 2. The first kappa shape index (κ1) is 13.4. The van der Waals surface area contributed by atoms with Gasteiger partial charge in [0.15, 0.2) is 0 Å². The molecule has 2 rings (SSSR count). The molecule has 0 aliphatic heterocycles. The Morgan fingerprint density at radius 1 is 0.611 bits per heavy atom. The summed E-state index contributed by atoms with van der Waals surface area (Å²) in [5.41, 5.74) is 1.65. The van der Waals surface area contributed by atoms with E-state index in [1.807, 2.05) is 60.7 Å². The smallest absolute Gasteiger partial charge is 0.211 e. The molecule has 2 amide bonds. The minimum absolute atomic E-state index is 0.662. The van der Waals surface area contributed by atoms with Gasteiger partial charge in [0.2, 0.25) is 12.8 Å². The normalized spacial score (nSPS) is 8.44. The number of para-hydroxylation sites is 2. The first-order valence-corrected chi connectivity index (χ1v) is 5.37. The van der Waals surface area contributed by atoms with Gasteiger partial charge >= 0.3 is 0 Å². The Bertz CT molecular complexity index is 412. The molecular weight excluding hydrogens is 228 g/mol. The molecule has 2 aromatic carbocycles. The largest absolute Gasteiger partial charge is 0.329 e. The Hall–Kier alpha value is -2.62. The van der Waals surface area contributed by atoms with Crippen molar-refractivity contribution >= 4 is 24.2 Å². The van der Waals surface area contributed by atoms with E-state index >= 15 is 0 Å². The van der Waals surface area contributed by atoms with Crippen molar-refractivity contribution in [3.05, 3.63) is 60.7 Å². The summed E-state index contributed by atoms with van der Waals surface area (Å²) in [6, 6.07) is 18.6. The molecule has 92 valence electrons. The van der Waals surface area contributed by atoms with E-state index in [-0.39, 0.29) is 0 Å². The molecule has 4 nitrogen and oxygen atoms in total. The van der Waals surface area contributed by atoms with Gasteiger partial charge < -0.3 is 10.6 Å². The predicted molar refractivity (Wildman–Crippen MR) is 72.3 cm³/mol. The number of carbonyl (C=O) groups excluding carboxylic acids is 2. The summed E-state index contributed by atoms with van der Waals surface area (Å²) < 4.78 is 0. The van der Waals surface area contributed by atoms with Gasteiger partial charge in [0.1, 0.15) is 0 Å². The molecule has 0 spiro atoms. The molecule has 18 heavy (non-hydrogen) atoms. The van der Waals surface area contributed by atoms with Gasteiger partial charge in [-0.1, -0.05) is 36.4 Å². The zero-order chi connectivity index (χ0) is 13.1. The summed E-state index contributed by atoms with van der Waals surface area (Å²) in [6.07, 6.45) is 1.32. The van der Waals surface area contributed by atoms with Crippen LogP contribution in [0, 0.1) is 0 Å². The fourth-order valence-corrected chi connectivity index (χ4v) is 1.20. The van der Waals surface area contributed by atoms with Crippen LogP contribution in [0.1, 0.15) is 0 Å². The Morgan fingerprint density at radius 2 is 0.944 bits per heavy atom. The van der Waals surface area contributed by atoms with Gasteiger partial charge in [-0.3, -0.25) is 9.59 Å². The fourth-order valence-electron chi connectivity index (χ4n) is 1.20. The highest BCUT2D eigenvalue weighted by Gasteiger charge is 1.82. The first-order valence-electron chi connectivity index (χ1n) is 5.37. The van der Waals surface area contributed by atoms with Gasteiger partial charge in [0.05, 0.1) is 0 Å². The van der Waals surface area contributed by atoms with Gasteiger partial charge in [-0.2, -0.15) is 0 Å². The molecule has 0 aliphatic carbocycles. The average molecular weight is 242 g/mol. The van der Waals surface area contributed by atoms with E-state index < -0.39 is 0 Å². The average Bonchev–Trinajstić information content (AvgIpc) is 2.43. The van der Waals surface area contributed by atoms with Gasteiger partial charge in [-0.25, -0.2) is 0 Å². The third-order valence-corrected chi connectivity index (χ3v) is 2.00. The van der Waals surface area contributed by atoms with Crippen LogP contribution in [0.5, 0.6) is 0 Å². The number of anilines is 2. The molecule has 0 aliphatic rings. The lowest BCUT2D eigenvalue weighted by molar-refractivity contribution is -0.106. The Kier molecular flexibility index (Phi) is 6.37. The van der Waals surface area contributed by atoms with Crippen molar-refractivity contribution < 1.29 is 9.59 Å². The van der Waals surface area contributed by atoms with Crippen LogP contribution < -0.4 is 10.6 Å². The van der Waals surface area contributed by atoms with Crippen LogP contribution >= 0.6 is 0 Å². The van der Waals surface area contributed by atoms with Crippen LogP contribution in [0.25, 0.3) is 0 Å². The molecule has 0 unspecified atom stereocenters. The summed E-state index contributed by atoms with van der Waals surface area (Å²) >= 11 is 0. The third kappa shape index (κ3) is 5.46. The molecule has 4 heteroatoms.